The number of hydrogen-bond acceptors (Lipinski definition) is 6. The number of benzene rings is 1. The zero-order chi connectivity index (χ0) is 19.1. The summed E-state index contributed by atoms with van der Waals surface area (Å²) in [6.07, 6.45) is 1.88. The monoisotopic (exact) mass is 365 g/mol. The van der Waals surface area contributed by atoms with E-state index >= 15 is 0 Å². The van der Waals surface area contributed by atoms with Crippen molar-refractivity contribution < 1.29 is 23.8 Å². The average Bonchev–Trinajstić information content (AvgIpc) is 3.05. The third-order valence-corrected chi connectivity index (χ3v) is 4.39. The van der Waals surface area contributed by atoms with Crippen LogP contribution in [-0.4, -0.2) is 52.8 Å². The minimum absolute atomic E-state index is 0.106. The maximum Gasteiger partial charge on any atom is 0.227 e. The number of amides is 2. The number of carbonyl (C=O) groups is 2. The molecule has 0 bridgehead atoms. The summed E-state index contributed by atoms with van der Waals surface area (Å²) in [4.78, 5) is 26.3. The molecule has 0 spiro atoms. The van der Waals surface area contributed by atoms with Gasteiger partial charge in [0.25, 0.3) is 0 Å². The highest BCUT2D eigenvalue weighted by Gasteiger charge is 2.35. The molecule has 2 amide bonds. The van der Waals surface area contributed by atoms with E-state index < -0.39 is 0 Å². The number of nitrogens with one attached hydrogen (secondary N) is 1. The highest BCUT2D eigenvalue weighted by atomic mass is 16.5. The first kappa shape index (κ1) is 19.8. The second-order valence-corrected chi connectivity index (χ2v) is 6.08. The molecule has 0 aliphatic carbocycles. The van der Waals surface area contributed by atoms with Gasteiger partial charge in [0, 0.05) is 31.6 Å². The maximum absolute atomic E-state index is 12.4. The Bertz CT molecular complexity index is 625. The molecule has 0 aromatic heterocycles. The third-order valence-electron chi connectivity index (χ3n) is 4.39. The fraction of sp³-hybridized carbons (Fsp3) is 0.556. The van der Waals surface area contributed by atoms with Crippen LogP contribution in [0.4, 0.5) is 5.69 Å². The molecule has 1 atom stereocenters. The van der Waals surface area contributed by atoms with E-state index in [0.717, 1.165) is 12.8 Å². The molecule has 1 aliphatic heterocycles. The number of rotatable bonds is 9. The van der Waals surface area contributed by atoms with Crippen molar-refractivity contribution in [2.75, 3.05) is 45.9 Å². The molecule has 0 saturated carbocycles. The molecule has 8 heteroatoms. The smallest absolute Gasteiger partial charge is 0.227 e. The summed E-state index contributed by atoms with van der Waals surface area (Å²) in [6, 6.07) is 3.42. The molecule has 1 aliphatic rings. The van der Waals surface area contributed by atoms with Gasteiger partial charge in [0.1, 0.15) is 0 Å². The van der Waals surface area contributed by atoms with Gasteiger partial charge >= 0.3 is 0 Å². The number of anilines is 1. The minimum atomic E-state index is -0.375. The van der Waals surface area contributed by atoms with Gasteiger partial charge in [0.15, 0.2) is 11.5 Å². The first-order chi connectivity index (χ1) is 12.5. The Morgan fingerprint density at radius 3 is 2.38 bits per heavy atom. The predicted octanol–water partition coefficient (Wildman–Crippen LogP) is 0.920. The molecule has 1 fully saturated rings. The molecular weight excluding hydrogens is 338 g/mol. The van der Waals surface area contributed by atoms with Crippen LogP contribution in [0.25, 0.3) is 0 Å². The largest absolute Gasteiger partial charge is 0.493 e. The Morgan fingerprint density at radius 2 is 1.85 bits per heavy atom. The Hall–Kier alpha value is -2.48. The molecule has 1 unspecified atom stereocenters. The number of unbranched alkanes of at least 4 members (excludes halogenated alkanes) is 1. The first-order valence-electron chi connectivity index (χ1n) is 8.63. The Labute approximate surface area is 153 Å². The van der Waals surface area contributed by atoms with Crippen LogP contribution < -0.4 is 30.2 Å². The summed E-state index contributed by atoms with van der Waals surface area (Å²) in [7, 11) is 4.56. The summed E-state index contributed by atoms with van der Waals surface area (Å²) in [6.45, 7) is 1.50. The van der Waals surface area contributed by atoms with Crippen molar-refractivity contribution in [2.45, 2.75) is 19.3 Å². The second kappa shape index (κ2) is 9.28. The van der Waals surface area contributed by atoms with Crippen LogP contribution in [0.15, 0.2) is 12.1 Å². The molecular formula is C18H27N3O5. The average molecular weight is 365 g/mol. The lowest BCUT2D eigenvalue weighted by Crippen LogP contribution is -2.33. The van der Waals surface area contributed by atoms with Gasteiger partial charge in [-0.25, -0.2) is 0 Å². The summed E-state index contributed by atoms with van der Waals surface area (Å²) in [5.74, 6) is 0.791. The van der Waals surface area contributed by atoms with Crippen molar-refractivity contribution in [1.29, 1.82) is 0 Å². The van der Waals surface area contributed by atoms with Gasteiger partial charge in [-0.05, 0) is 19.4 Å². The van der Waals surface area contributed by atoms with E-state index in [4.69, 9.17) is 19.9 Å². The first-order valence-corrected chi connectivity index (χ1v) is 8.63. The van der Waals surface area contributed by atoms with Crippen molar-refractivity contribution in [3.63, 3.8) is 0 Å². The Kier molecular flexibility index (Phi) is 7.08. The van der Waals surface area contributed by atoms with Gasteiger partial charge in [-0.3, -0.25) is 9.59 Å². The number of carbonyl (C=O) groups excluding carboxylic acids is 2. The van der Waals surface area contributed by atoms with E-state index in [9.17, 15) is 9.59 Å². The van der Waals surface area contributed by atoms with Crippen LogP contribution in [0.1, 0.15) is 19.3 Å². The lowest BCUT2D eigenvalue weighted by Gasteiger charge is -2.20. The normalized spacial score (nSPS) is 16.5. The van der Waals surface area contributed by atoms with Crippen LogP contribution in [-0.2, 0) is 9.59 Å². The van der Waals surface area contributed by atoms with Crippen molar-refractivity contribution in [2.24, 2.45) is 11.7 Å². The number of ether oxygens (including phenoxy) is 3. The number of hydrogen-bond donors (Lipinski definition) is 2. The summed E-state index contributed by atoms with van der Waals surface area (Å²) in [5, 5.41) is 2.87. The molecule has 8 nitrogen and oxygen atoms in total. The molecule has 1 aromatic carbocycles. The number of nitrogens with zero attached hydrogens (tertiary/aromatic N) is 1. The lowest BCUT2D eigenvalue weighted by molar-refractivity contribution is -0.126. The maximum atomic E-state index is 12.4. The van der Waals surface area contributed by atoms with Crippen LogP contribution >= 0.6 is 0 Å². The number of methoxy groups -OCH3 is 3. The fourth-order valence-corrected chi connectivity index (χ4v) is 2.98. The van der Waals surface area contributed by atoms with Gasteiger partial charge in [0.05, 0.1) is 32.9 Å². The molecule has 1 aromatic rings. The predicted molar refractivity (Wildman–Crippen MR) is 97.9 cm³/mol. The topological polar surface area (TPSA) is 103 Å². The van der Waals surface area contributed by atoms with Gasteiger partial charge in [0.2, 0.25) is 17.6 Å². The quantitative estimate of drug-likeness (QED) is 0.631. The van der Waals surface area contributed by atoms with Gasteiger partial charge in [-0.1, -0.05) is 0 Å². The summed E-state index contributed by atoms with van der Waals surface area (Å²) >= 11 is 0. The van der Waals surface area contributed by atoms with Crippen LogP contribution in [0.2, 0.25) is 0 Å². The molecule has 1 saturated heterocycles. The van der Waals surface area contributed by atoms with Crippen molar-refractivity contribution in [1.82, 2.24) is 5.32 Å². The van der Waals surface area contributed by atoms with Crippen molar-refractivity contribution in [3.8, 4) is 17.2 Å². The third kappa shape index (κ3) is 4.37. The molecule has 144 valence electrons. The van der Waals surface area contributed by atoms with Crippen molar-refractivity contribution in [3.05, 3.63) is 12.1 Å². The molecule has 0 radical (unpaired) electrons. The Morgan fingerprint density at radius 1 is 1.19 bits per heavy atom. The molecule has 1 heterocycles. The molecule has 3 N–H and O–H groups in total. The zero-order valence-electron chi connectivity index (χ0n) is 15.5. The van der Waals surface area contributed by atoms with E-state index in [1.807, 2.05) is 0 Å². The summed E-state index contributed by atoms with van der Waals surface area (Å²) < 4.78 is 16.0. The molecule has 2 rings (SSSR count). The summed E-state index contributed by atoms with van der Waals surface area (Å²) in [5.41, 5.74) is 6.06. The fourth-order valence-electron chi connectivity index (χ4n) is 2.98. The molecule has 26 heavy (non-hydrogen) atoms. The van der Waals surface area contributed by atoms with Crippen LogP contribution in [0, 0.1) is 5.92 Å². The van der Waals surface area contributed by atoms with E-state index in [0.29, 0.717) is 42.6 Å². The Balaban J connectivity index is 2.12. The van der Waals surface area contributed by atoms with Crippen molar-refractivity contribution >= 4 is 17.5 Å². The standard InChI is InChI=1S/C18H27N3O5/c1-24-14-9-13(10-15(25-2)17(14)26-3)21-11-12(8-16(21)22)18(23)20-7-5-4-6-19/h9-10,12H,4-8,11,19H2,1-3H3,(H,20,23). The van der Waals surface area contributed by atoms with E-state index in [-0.39, 0.29) is 24.2 Å². The minimum Gasteiger partial charge on any atom is -0.493 e. The second-order valence-electron chi connectivity index (χ2n) is 6.08. The van der Waals surface area contributed by atoms with E-state index in [1.54, 1.807) is 17.0 Å². The highest BCUT2D eigenvalue weighted by Crippen LogP contribution is 2.42. The van der Waals surface area contributed by atoms with Crippen LogP contribution in [0.3, 0.4) is 0 Å². The van der Waals surface area contributed by atoms with Gasteiger partial charge in [-0.15, -0.1) is 0 Å². The van der Waals surface area contributed by atoms with E-state index in [2.05, 4.69) is 5.32 Å². The van der Waals surface area contributed by atoms with Crippen LogP contribution in [0.5, 0.6) is 17.2 Å². The highest BCUT2D eigenvalue weighted by molar-refractivity contribution is 6.00. The number of nitrogens with two attached hydrogens (primary N) is 1. The SMILES string of the molecule is COc1cc(N2CC(C(=O)NCCCCN)CC2=O)cc(OC)c1OC. The zero-order valence-corrected chi connectivity index (χ0v) is 15.5. The van der Waals surface area contributed by atoms with Gasteiger partial charge in [-0.2, -0.15) is 0 Å². The van der Waals surface area contributed by atoms with E-state index in [1.165, 1.54) is 21.3 Å². The lowest BCUT2D eigenvalue weighted by atomic mass is 10.1. The van der Waals surface area contributed by atoms with Gasteiger partial charge < -0.3 is 30.2 Å².